The number of nitriles is 1. The number of hydrogen-bond donors (Lipinski definition) is 2. The van der Waals surface area contributed by atoms with Crippen molar-refractivity contribution in [1.29, 1.82) is 5.26 Å². The van der Waals surface area contributed by atoms with E-state index in [0.29, 0.717) is 6.54 Å². The van der Waals surface area contributed by atoms with Gasteiger partial charge in [-0.2, -0.15) is 5.26 Å². The van der Waals surface area contributed by atoms with E-state index < -0.39 is 5.54 Å². The molecule has 0 atom stereocenters. The van der Waals surface area contributed by atoms with Gasteiger partial charge in [0.1, 0.15) is 5.54 Å². The zero-order valence-electron chi connectivity index (χ0n) is 10.4. The number of amides is 1. The van der Waals surface area contributed by atoms with Gasteiger partial charge in [0.25, 0.3) is 0 Å². The second-order valence-corrected chi connectivity index (χ2v) is 4.76. The Kier molecular flexibility index (Phi) is 5.39. The van der Waals surface area contributed by atoms with E-state index in [0.717, 1.165) is 32.1 Å². The van der Waals surface area contributed by atoms with Gasteiger partial charge in [-0.25, -0.2) is 0 Å². The van der Waals surface area contributed by atoms with Gasteiger partial charge in [-0.1, -0.05) is 19.3 Å². The van der Waals surface area contributed by atoms with E-state index in [-0.39, 0.29) is 19.1 Å². The van der Waals surface area contributed by atoms with E-state index >= 15 is 0 Å². The van der Waals surface area contributed by atoms with Crippen LogP contribution < -0.4 is 5.32 Å². The molecule has 1 saturated carbocycles. The smallest absolute Gasteiger partial charge is 0.235 e. The average molecular weight is 239 g/mol. The number of likely N-dealkylation sites (N-methyl/N-ethyl adjacent to an activating group) is 1. The predicted molar refractivity (Wildman–Crippen MR) is 64.2 cm³/mol. The lowest BCUT2D eigenvalue weighted by Gasteiger charge is -2.32. The fourth-order valence-electron chi connectivity index (χ4n) is 2.22. The highest BCUT2D eigenvalue weighted by molar-refractivity contribution is 5.79. The van der Waals surface area contributed by atoms with Crippen LogP contribution in [0.5, 0.6) is 0 Å². The molecule has 17 heavy (non-hydrogen) atoms. The first kappa shape index (κ1) is 13.9. The molecule has 0 saturated heterocycles. The second kappa shape index (κ2) is 6.58. The molecule has 0 bridgehead atoms. The summed E-state index contributed by atoms with van der Waals surface area (Å²) in [5.74, 6) is -0.135. The fourth-order valence-corrected chi connectivity index (χ4v) is 2.22. The van der Waals surface area contributed by atoms with E-state index in [9.17, 15) is 10.1 Å². The zero-order chi connectivity index (χ0) is 12.7. The van der Waals surface area contributed by atoms with E-state index in [1.54, 1.807) is 11.9 Å². The molecule has 0 aliphatic heterocycles. The van der Waals surface area contributed by atoms with Crippen molar-refractivity contribution in [1.82, 2.24) is 10.2 Å². The summed E-state index contributed by atoms with van der Waals surface area (Å²) in [6.45, 7) is 0.726. The van der Waals surface area contributed by atoms with Crippen LogP contribution in [-0.2, 0) is 4.79 Å². The molecular formula is C12H21N3O2. The minimum Gasteiger partial charge on any atom is -0.395 e. The Balaban J connectivity index is 2.45. The Morgan fingerprint density at radius 1 is 1.47 bits per heavy atom. The number of carbonyl (C=O) groups is 1. The summed E-state index contributed by atoms with van der Waals surface area (Å²) >= 11 is 0. The maximum absolute atomic E-state index is 11.8. The van der Waals surface area contributed by atoms with Gasteiger partial charge >= 0.3 is 0 Å². The molecular weight excluding hydrogens is 218 g/mol. The van der Waals surface area contributed by atoms with Gasteiger partial charge in [-0.3, -0.25) is 9.69 Å². The Labute approximate surface area is 102 Å². The first-order chi connectivity index (χ1) is 8.12. The molecule has 1 rings (SSSR count). The average Bonchev–Trinajstić information content (AvgIpc) is 2.30. The molecule has 5 heteroatoms. The maximum Gasteiger partial charge on any atom is 0.235 e. The summed E-state index contributed by atoms with van der Waals surface area (Å²) in [5, 5.41) is 20.8. The van der Waals surface area contributed by atoms with Crippen molar-refractivity contribution in [3.8, 4) is 6.07 Å². The first-order valence-corrected chi connectivity index (χ1v) is 6.13. The molecule has 0 spiro atoms. The van der Waals surface area contributed by atoms with Crippen LogP contribution in [0, 0.1) is 11.3 Å². The lowest BCUT2D eigenvalue weighted by molar-refractivity contribution is -0.123. The Morgan fingerprint density at radius 2 is 2.12 bits per heavy atom. The van der Waals surface area contributed by atoms with Gasteiger partial charge in [0.2, 0.25) is 5.91 Å². The largest absolute Gasteiger partial charge is 0.395 e. The van der Waals surface area contributed by atoms with Crippen LogP contribution in [0.4, 0.5) is 0 Å². The molecule has 1 aliphatic carbocycles. The van der Waals surface area contributed by atoms with Crippen molar-refractivity contribution in [2.45, 2.75) is 37.6 Å². The molecule has 1 amide bonds. The Morgan fingerprint density at radius 3 is 2.65 bits per heavy atom. The summed E-state index contributed by atoms with van der Waals surface area (Å²) in [7, 11) is 1.77. The quantitative estimate of drug-likeness (QED) is 0.721. The number of aliphatic hydroxyl groups is 1. The molecule has 0 heterocycles. The Hall–Kier alpha value is -1.12. The van der Waals surface area contributed by atoms with E-state index in [4.69, 9.17) is 5.11 Å². The Bertz CT molecular complexity index is 293. The number of hydrogen-bond acceptors (Lipinski definition) is 4. The van der Waals surface area contributed by atoms with E-state index in [1.165, 1.54) is 0 Å². The SMILES string of the molecule is CN(CCO)CC(=O)NC1(C#N)CCCCC1. The van der Waals surface area contributed by atoms with Gasteiger partial charge in [0, 0.05) is 6.54 Å². The van der Waals surface area contributed by atoms with Crippen molar-refractivity contribution >= 4 is 5.91 Å². The molecule has 1 fully saturated rings. The summed E-state index contributed by atoms with van der Waals surface area (Å²) in [6, 6.07) is 2.25. The topological polar surface area (TPSA) is 76.4 Å². The minimum absolute atomic E-state index is 0.0349. The van der Waals surface area contributed by atoms with Crippen LogP contribution in [0.25, 0.3) is 0 Å². The van der Waals surface area contributed by atoms with Crippen LogP contribution in [-0.4, -0.2) is 48.2 Å². The molecule has 96 valence electrons. The molecule has 0 unspecified atom stereocenters. The van der Waals surface area contributed by atoms with Crippen LogP contribution in [0.1, 0.15) is 32.1 Å². The molecule has 0 aromatic carbocycles. The van der Waals surface area contributed by atoms with Crippen LogP contribution >= 0.6 is 0 Å². The molecule has 1 aliphatic rings. The van der Waals surface area contributed by atoms with Gasteiger partial charge in [-0.05, 0) is 19.9 Å². The van der Waals surface area contributed by atoms with Gasteiger partial charge in [0.15, 0.2) is 0 Å². The summed E-state index contributed by atoms with van der Waals surface area (Å²) < 4.78 is 0. The normalized spacial score (nSPS) is 18.7. The highest BCUT2D eigenvalue weighted by Crippen LogP contribution is 2.27. The third kappa shape index (κ3) is 4.33. The van der Waals surface area contributed by atoms with Crippen molar-refractivity contribution < 1.29 is 9.90 Å². The zero-order valence-corrected chi connectivity index (χ0v) is 10.4. The monoisotopic (exact) mass is 239 g/mol. The van der Waals surface area contributed by atoms with Crippen molar-refractivity contribution in [2.75, 3.05) is 26.7 Å². The number of aliphatic hydroxyl groups excluding tert-OH is 1. The lowest BCUT2D eigenvalue weighted by Crippen LogP contribution is -2.51. The van der Waals surface area contributed by atoms with Crippen molar-refractivity contribution in [2.24, 2.45) is 0 Å². The van der Waals surface area contributed by atoms with E-state index in [2.05, 4.69) is 11.4 Å². The molecule has 0 aromatic heterocycles. The maximum atomic E-state index is 11.8. The van der Waals surface area contributed by atoms with Crippen molar-refractivity contribution in [3.63, 3.8) is 0 Å². The standard InChI is InChI=1S/C12H21N3O2/c1-15(7-8-16)9-11(17)14-12(10-13)5-3-2-4-6-12/h16H,2-9H2,1H3,(H,14,17). The third-order valence-electron chi connectivity index (χ3n) is 3.20. The predicted octanol–water partition coefficient (Wildman–Crippen LogP) is 0.253. The molecule has 5 nitrogen and oxygen atoms in total. The fraction of sp³-hybridized carbons (Fsp3) is 0.833. The number of nitrogens with one attached hydrogen (secondary N) is 1. The van der Waals surface area contributed by atoms with Crippen LogP contribution in [0.15, 0.2) is 0 Å². The van der Waals surface area contributed by atoms with Gasteiger partial charge in [0.05, 0.1) is 19.2 Å². The lowest BCUT2D eigenvalue weighted by atomic mass is 9.83. The summed E-state index contributed by atoms with van der Waals surface area (Å²) in [6.07, 6.45) is 4.64. The van der Waals surface area contributed by atoms with Gasteiger partial charge in [-0.15, -0.1) is 0 Å². The van der Waals surface area contributed by atoms with Crippen LogP contribution in [0.2, 0.25) is 0 Å². The molecule has 0 aromatic rings. The van der Waals surface area contributed by atoms with Crippen molar-refractivity contribution in [3.05, 3.63) is 0 Å². The number of nitrogens with zero attached hydrogens (tertiary/aromatic N) is 2. The summed E-state index contributed by atoms with van der Waals surface area (Å²) in [4.78, 5) is 13.5. The second-order valence-electron chi connectivity index (χ2n) is 4.76. The van der Waals surface area contributed by atoms with Crippen LogP contribution in [0.3, 0.4) is 0 Å². The van der Waals surface area contributed by atoms with E-state index in [1.807, 2.05) is 0 Å². The highest BCUT2D eigenvalue weighted by Gasteiger charge is 2.33. The highest BCUT2D eigenvalue weighted by atomic mass is 16.3. The third-order valence-corrected chi connectivity index (χ3v) is 3.20. The van der Waals surface area contributed by atoms with Gasteiger partial charge < -0.3 is 10.4 Å². The number of carbonyl (C=O) groups excluding carboxylic acids is 1. The first-order valence-electron chi connectivity index (χ1n) is 6.13. The molecule has 0 radical (unpaired) electrons. The molecule has 2 N–H and O–H groups in total. The number of rotatable bonds is 5. The summed E-state index contributed by atoms with van der Waals surface area (Å²) in [5.41, 5.74) is -0.657. The minimum atomic E-state index is -0.657.